The number of aromatic hydroxyl groups is 1. The maximum Gasteiger partial charge on any atom is 0.238 e. The smallest absolute Gasteiger partial charge is 0.238 e. The molecular weight excluding hydrogens is 633 g/mol. The van der Waals surface area contributed by atoms with E-state index in [1.165, 1.54) is 18.1 Å². The predicted octanol–water partition coefficient (Wildman–Crippen LogP) is 5.29. The second-order valence-electron chi connectivity index (χ2n) is 10.3. The molecule has 3 aliphatic carbocycles. The second kappa shape index (κ2) is 9.45. The van der Waals surface area contributed by atoms with E-state index in [9.17, 15) is 24.3 Å². The quantitative estimate of drug-likeness (QED) is 0.209. The van der Waals surface area contributed by atoms with Gasteiger partial charge in [0.15, 0.2) is 23.1 Å². The van der Waals surface area contributed by atoms with Gasteiger partial charge >= 0.3 is 0 Å². The van der Waals surface area contributed by atoms with Crippen LogP contribution in [0, 0.1) is 21.3 Å². The van der Waals surface area contributed by atoms with Gasteiger partial charge in [0.1, 0.15) is 0 Å². The molecule has 0 saturated carbocycles. The zero-order chi connectivity index (χ0) is 27.7. The number of amides is 2. The molecule has 2 aromatic rings. The van der Waals surface area contributed by atoms with Crippen molar-refractivity contribution in [2.24, 2.45) is 17.8 Å². The number of carbonyl (C=O) groups excluding carboxylic acids is 4. The molecule has 1 aliphatic heterocycles. The molecule has 1 fully saturated rings. The maximum absolute atomic E-state index is 13.9. The standard InChI is InChI=1S/C30H23ClINO6/c1-13-9-22(34)20-12-19-17(24(26(20)27(13)35)14-10-21(31)28(36)23(11-14)39-2)7-8-18-25(19)30(38)33(29(18)37)16-5-3-15(32)4-6-16/h3-7,9-11,18-19,24-25,36H,8,12H2,1-2H3/t18-,19+,24-,25-/m0/s1. The number of hydrogen-bond donors (Lipinski definition) is 1. The van der Waals surface area contributed by atoms with Crippen molar-refractivity contribution in [3.05, 3.63) is 85.0 Å². The van der Waals surface area contributed by atoms with E-state index in [-0.39, 0.29) is 46.3 Å². The summed E-state index contributed by atoms with van der Waals surface area (Å²) in [5.74, 6) is -3.52. The minimum absolute atomic E-state index is 0.0433. The van der Waals surface area contributed by atoms with Crippen molar-refractivity contribution in [2.75, 3.05) is 12.0 Å². The number of rotatable bonds is 3. The van der Waals surface area contributed by atoms with Crippen molar-refractivity contribution >= 4 is 63.3 Å². The highest BCUT2D eigenvalue weighted by molar-refractivity contribution is 14.1. The molecule has 4 atom stereocenters. The lowest BCUT2D eigenvalue weighted by atomic mass is 9.59. The van der Waals surface area contributed by atoms with E-state index in [0.29, 0.717) is 34.4 Å². The number of anilines is 1. The molecule has 2 amide bonds. The van der Waals surface area contributed by atoms with E-state index in [4.69, 9.17) is 16.3 Å². The molecule has 1 saturated heterocycles. The normalized spacial score (nSPS) is 26.2. The zero-order valence-corrected chi connectivity index (χ0v) is 23.9. The summed E-state index contributed by atoms with van der Waals surface area (Å²) < 4.78 is 6.32. The molecule has 9 heteroatoms. The summed E-state index contributed by atoms with van der Waals surface area (Å²) in [5.41, 5.74) is 2.95. The van der Waals surface area contributed by atoms with Crippen LogP contribution in [-0.2, 0) is 19.2 Å². The number of hydrogen-bond acceptors (Lipinski definition) is 6. The Hall–Kier alpha value is -3.24. The number of allylic oxidation sites excluding steroid dienone is 6. The number of ketones is 2. The van der Waals surface area contributed by atoms with E-state index >= 15 is 0 Å². The molecule has 0 aromatic heterocycles. The van der Waals surface area contributed by atoms with Crippen LogP contribution in [0.3, 0.4) is 0 Å². The number of nitrogens with zero attached hydrogens (tertiary/aromatic N) is 1. The van der Waals surface area contributed by atoms with Gasteiger partial charge in [-0.1, -0.05) is 23.3 Å². The number of phenolic OH excluding ortho intramolecular Hbond substituents is 1. The third kappa shape index (κ3) is 3.90. The van der Waals surface area contributed by atoms with Gasteiger partial charge in [0.2, 0.25) is 11.8 Å². The summed E-state index contributed by atoms with van der Waals surface area (Å²) in [4.78, 5) is 55.5. The highest BCUT2D eigenvalue weighted by Gasteiger charge is 2.56. The van der Waals surface area contributed by atoms with Crippen LogP contribution in [0.25, 0.3) is 0 Å². The van der Waals surface area contributed by atoms with Gasteiger partial charge in [-0.15, -0.1) is 0 Å². The van der Waals surface area contributed by atoms with Crippen molar-refractivity contribution in [3.63, 3.8) is 0 Å². The fourth-order valence-electron chi connectivity index (χ4n) is 6.50. The Bertz CT molecular complexity index is 1590. The Morgan fingerprint density at radius 2 is 1.77 bits per heavy atom. The second-order valence-corrected chi connectivity index (χ2v) is 11.9. The average molecular weight is 656 g/mol. The molecule has 4 aliphatic rings. The summed E-state index contributed by atoms with van der Waals surface area (Å²) in [6.45, 7) is 1.61. The molecule has 0 bridgehead atoms. The first kappa shape index (κ1) is 26.0. The van der Waals surface area contributed by atoms with E-state index in [1.54, 1.807) is 31.2 Å². The number of ether oxygens (including phenoxy) is 1. The van der Waals surface area contributed by atoms with Gasteiger partial charge in [0, 0.05) is 26.2 Å². The van der Waals surface area contributed by atoms with Crippen molar-refractivity contribution < 1.29 is 29.0 Å². The summed E-state index contributed by atoms with van der Waals surface area (Å²) in [5, 5.41) is 10.4. The zero-order valence-electron chi connectivity index (χ0n) is 21.0. The number of halogens is 2. The number of imide groups is 1. The monoisotopic (exact) mass is 655 g/mol. The summed E-state index contributed by atoms with van der Waals surface area (Å²) in [6.07, 6.45) is 3.81. The Morgan fingerprint density at radius 3 is 2.46 bits per heavy atom. The Kier molecular flexibility index (Phi) is 6.30. The van der Waals surface area contributed by atoms with Gasteiger partial charge in [-0.05, 0) is 96.3 Å². The van der Waals surface area contributed by atoms with Crippen LogP contribution in [0.1, 0.15) is 31.2 Å². The van der Waals surface area contributed by atoms with Crippen LogP contribution >= 0.6 is 34.2 Å². The van der Waals surface area contributed by atoms with Crippen molar-refractivity contribution in [1.29, 1.82) is 0 Å². The van der Waals surface area contributed by atoms with E-state index in [1.807, 2.05) is 18.2 Å². The number of carbonyl (C=O) groups is 4. The average Bonchev–Trinajstić information content (AvgIpc) is 3.18. The molecule has 0 spiro atoms. The molecular formula is C30H23ClINO6. The highest BCUT2D eigenvalue weighted by Crippen LogP contribution is 2.56. The molecule has 1 N–H and O–H groups in total. The first-order valence-electron chi connectivity index (χ1n) is 12.5. The minimum Gasteiger partial charge on any atom is -0.503 e. The largest absolute Gasteiger partial charge is 0.503 e. The fourth-order valence-corrected chi connectivity index (χ4v) is 7.08. The van der Waals surface area contributed by atoms with Gasteiger partial charge in [-0.3, -0.25) is 24.1 Å². The van der Waals surface area contributed by atoms with Gasteiger partial charge in [0.05, 0.1) is 29.7 Å². The molecule has 198 valence electrons. The predicted molar refractivity (Wildman–Crippen MR) is 153 cm³/mol. The van der Waals surface area contributed by atoms with Gasteiger partial charge in [-0.25, -0.2) is 0 Å². The van der Waals surface area contributed by atoms with Crippen molar-refractivity contribution in [1.82, 2.24) is 0 Å². The lowest BCUT2D eigenvalue weighted by Crippen LogP contribution is -2.39. The summed E-state index contributed by atoms with van der Waals surface area (Å²) >= 11 is 8.52. The van der Waals surface area contributed by atoms with Crippen LogP contribution in [0.5, 0.6) is 11.5 Å². The van der Waals surface area contributed by atoms with E-state index in [0.717, 1.165) is 9.14 Å². The van der Waals surface area contributed by atoms with Crippen LogP contribution in [-0.4, -0.2) is 35.6 Å². The first-order valence-corrected chi connectivity index (χ1v) is 14.0. The van der Waals surface area contributed by atoms with Crippen LogP contribution in [0.15, 0.2) is 70.8 Å². The third-order valence-corrected chi connectivity index (χ3v) is 9.26. The highest BCUT2D eigenvalue weighted by atomic mass is 127. The van der Waals surface area contributed by atoms with Crippen LogP contribution in [0.4, 0.5) is 5.69 Å². The van der Waals surface area contributed by atoms with Gasteiger partial charge in [0.25, 0.3) is 0 Å². The first-order chi connectivity index (χ1) is 18.6. The van der Waals surface area contributed by atoms with Crippen LogP contribution < -0.4 is 9.64 Å². The number of benzene rings is 2. The Morgan fingerprint density at radius 1 is 1.05 bits per heavy atom. The summed E-state index contributed by atoms with van der Waals surface area (Å²) in [7, 11) is 1.40. The van der Waals surface area contributed by atoms with Crippen molar-refractivity contribution in [3.8, 4) is 11.5 Å². The Balaban J connectivity index is 1.51. The number of Topliss-reactive ketones (excluding diaryl/α,β-unsaturated/α-hetero) is 1. The maximum atomic E-state index is 13.9. The van der Waals surface area contributed by atoms with Crippen molar-refractivity contribution in [2.45, 2.75) is 25.7 Å². The van der Waals surface area contributed by atoms with E-state index < -0.39 is 23.7 Å². The minimum atomic E-state index is -0.679. The SMILES string of the molecule is COc1cc([C@H]2C3=CC[C@@H]4C(=O)N(c5ccc(I)cc5)C(=O)[C@@H]4[C@@H]3CC3=C2C(=O)C(C)=CC3=O)cc(Cl)c1O. The molecule has 0 radical (unpaired) electrons. The third-order valence-electron chi connectivity index (χ3n) is 8.25. The van der Waals surface area contributed by atoms with Crippen LogP contribution in [0.2, 0.25) is 5.02 Å². The lowest BCUT2D eigenvalue weighted by molar-refractivity contribution is -0.123. The van der Waals surface area contributed by atoms with Gasteiger partial charge < -0.3 is 9.84 Å². The molecule has 6 rings (SSSR count). The molecule has 1 heterocycles. The Labute approximate surface area is 243 Å². The number of methoxy groups -OCH3 is 1. The topological polar surface area (TPSA) is 101 Å². The summed E-state index contributed by atoms with van der Waals surface area (Å²) in [6, 6.07) is 10.4. The van der Waals surface area contributed by atoms with E-state index in [2.05, 4.69) is 22.6 Å². The molecule has 2 aromatic carbocycles. The lowest BCUT2D eigenvalue weighted by Gasteiger charge is -2.42. The number of fused-ring (bicyclic) bond motifs is 3. The molecule has 39 heavy (non-hydrogen) atoms. The fraction of sp³-hybridized carbons (Fsp3) is 0.267. The molecule has 0 unspecified atom stereocenters. The number of phenols is 1. The molecule has 7 nitrogen and oxygen atoms in total. The van der Waals surface area contributed by atoms with Gasteiger partial charge in [-0.2, -0.15) is 0 Å².